The van der Waals surface area contributed by atoms with Crippen LogP contribution in [-0.2, 0) is 4.74 Å². The van der Waals surface area contributed by atoms with E-state index in [0.29, 0.717) is 28.8 Å². The molecule has 0 spiro atoms. The van der Waals surface area contributed by atoms with E-state index in [1.54, 1.807) is 25.1 Å². The van der Waals surface area contributed by atoms with Gasteiger partial charge in [-0.3, -0.25) is 0 Å². The lowest BCUT2D eigenvalue weighted by atomic mass is 9.89. The lowest BCUT2D eigenvalue weighted by molar-refractivity contribution is -0.0328. The van der Waals surface area contributed by atoms with Gasteiger partial charge in [0.25, 0.3) is 0 Å². The average Bonchev–Trinajstić information content (AvgIpc) is 2.48. The minimum Gasteiger partial charge on any atom is -0.375 e. The molecule has 1 aromatic rings. The molecule has 6 heteroatoms. The fourth-order valence-corrected chi connectivity index (χ4v) is 2.54. The zero-order chi connectivity index (χ0) is 17.5. The van der Waals surface area contributed by atoms with Gasteiger partial charge in [0.05, 0.1) is 21.7 Å². The Balaban J connectivity index is 2.87. The lowest BCUT2D eigenvalue weighted by Crippen LogP contribution is -2.35. The number of ether oxygens (including phenoxy) is 1. The summed E-state index contributed by atoms with van der Waals surface area (Å²) in [4.78, 5) is 0. The quantitative estimate of drug-likeness (QED) is 0.403. The topological polar surface area (TPSA) is 57.7 Å². The molecule has 1 atom stereocenters. The summed E-state index contributed by atoms with van der Waals surface area (Å²) in [5.74, 6) is 0. The van der Waals surface area contributed by atoms with Gasteiger partial charge >= 0.3 is 0 Å². The maximum Gasteiger partial charge on any atom is 0.167 e. The van der Waals surface area contributed by atoms with Crippen LogP contribution < -0.4 is 0 Å². The number of rotatable bonds is 8. The molecule has 0 aromatic heterocycles. The number of nitriles is 1. The number of nitrogens with zero attached hydrogens (tertiary/aromatic N) is 3. The maximum atomic E-state index is 9.50. The van der Waals surface area contributed by atoms with Crippen LogP contribution >= 0.6 is 23.2 Å². The molecule has 0 aliphatic carbocycles. The molecule has 0 amide bonds. The standard InChI is InChI=1S/C17H23Cl2N3O/c1-5-6-10-23-16(2,3)11-17(4,12-20)22-21-14-9-7-8-13(18)15(14)19/h7-9H,5-6,10-11H2,1-4H3. The summed E-state index contributed by atoms with van der Waals surface area (Å²) in [6.07, 6.45) is 2.49. The van der Waals surface area contributed by atoms with Crippen LogP contribution in [0.25, 0.3) is 0 Å². The van der Waals surface area contributed by atoms with Crippen molar-refractivity contribution in [3.05, 3.63) is 28.2 Å². The van der Waals surface area contributed by atoms with E-state index < -0.39 is 11.1 Å². The third kappa shape index (κ3) is 6.47. The van der Waals surface area contributed by atoms with Crippen molar-refractivity contribution in [1.29, 1.82) is 5.26 Å². The van der Waals surface area contributed by atoms with Gasteiger partial charge < -0.3 is 4.74 Å². The molecule has 0 saturated heterocycles. The van der Waals surface area contributed by atoms with Crippen LogP contribution in [0.4, 0.5) is 5.69 Å². The summed E-state index contributed by atoms with van der Waals surface area (Å²) >= 11 is 12.0. The molecule has 1 rings (SSSR count). The van der Waals surface area contributed by atoms with Gasteiger partial charge in [-0.05, 0) is 39.3 Å². The second-order valence-corrected chi connectivity index (χ2v) is 7.08. The van der Waals surface area contributed by atoms with Gasteiger partial charge in [0, 0.05) is 13.0 Å². The van der Waals surface area contributed by atoms with E-state index in [2.05, 4.69) is 23.2 Å². The number of azo groups is 1. The van der Waals surface area contributed by atoms with Crippen molar-refractivity contribution in [2.24, 2.45) is 10.2 Å². The van der Waals surface area contributed by atoms with E-state index in [9.17, 15) is 5.26 Å². The molecule has 23 heavy (non-hydrogen) atoms. The van der Waals surface area contributed by atoms with E-state index >= 15 is 0 Å². The number of hydrogen-bond donors (Lipinski definition) is 0. The van der Waals surface area contributed by atoms with Crippen LogP contribution in [0.5, 0.6) is 0 Å². The van der Waals surface area contributed by atoms with Crippen molar-refractivity contribution in [2.45, 2.75) is 58.1 Å². The van der Waals surface area contributed by atoms with Crippen LogP contribution in [0.1, 0.15) is 47.0 Å². The summed E-state index contributed by atoms with van der Waals surface area (Å²) < 4.78 is 5.86. The molecule has 0 aliphatic heterocycles. The van der Waals surface area contributed by atoms with Gasteiger partial charge in [0.1, 0.15) is 5.69 Å². The number of unbranched alkanes of at least 4 members (excludes halogenated alkanes) is 1. The molecule has 1 aromatic carbocycles. The monoisotopic (exact) mass is 355 g/mol. The molecule has 0 saturated carbocycles. The molecular weight excluding hydrogens is 333 g/mol. The van der Waals surface area contributed by atoms with Crippen molar-refractivity contribution >= 4 is 28.9 Å². The SMILES string of the molecule is CCCCOC(C)(C)CC(C)(C#N)N=Nc1cccc(Cl)c1Cl. The van der Waals surface area contributed by atoms with Crippen LogP contribution in [-0.4, -0.2) is 17.7 Å². The van der Waals surface area contributed by atoms with Crippen molar-refractivity contribution in [2.75, 3.05) is 6.61 Å². The van der Waals surface area contributed by atoms with Crippen LogP contribution in [0.2, 0.25) is 10.0 Å². The van der Waals surface area contributed by atoms with Gasteiger partial charge in [-0.1, -0.05) is 42.6 Å². The predicted octanol–water partition coefficient (Wildman–Crippen LogP) is 6.34. The fraction of sp³-hybridized carbons (Fsp3) is 0.588. The lowest BCUT2D eigenvalue weighted by Gasteiger charge is -2.30. The second kappa shape index (κ2) is 8.63. The molecule has 4 nitrogen and oxygen atoms in total. The van der Waals surface area contributed by atoms with Crippen molar-refractivity contribution in [3.8, 4) is 6.07 Å². The summed E-state index contributed by atoms with van der Waals surface area (Å²) in [5, 5.41) is 18.6. The van der Waals surface area contributed by atoms with Crippen LogP contribution in [0.3, 0.4) is 0 Å². The number of halogens is 2. The summed E-state index contributed by atoms with van der Waals surface area (Å²) in [6, 6.07) is 7.34. The van der Waals surface area contributed by atoms with Crippen LogP contribution in [0.15, 0.2) is 28.4 Å². The van der Waals surface area contributed by atoms with E-state index in [0.717, 1.165) is 12.8 Å². The van der Waals surface area contributed by atoms with Crippen molar-refractivity contribution in [3.63, 3.8) is 0 Å². The normalized spacial score (nSPS) is 14.7. The van der Waals surface area contributed by atoms with Gasteiger partial charge in [0.15, 0.2) is 5.54 Å². The molecule has 0 N–H and O–H groups in total. The van der Waals surface area contributed by atoms with Crippen molar-refractivity contribution < 1.29 is 4.74 Å². The maximum absolute atomic E-state index is 9.50. The Labute approximate surface area is 148 Å². The Morgan fingerprint density at radius 1 is 1.26 bits per heavy atom. The van der Waals surface area contributed by atoms with Gasteiger partial charge in [-0.15, -0.1) is 0 Å². The first-order chi connectivity index (χ1) is 10.7. The van der Waals surface area contributed by atoms with Gasteiger partial charge in [-0.25, -0.2) is 0 Å². The van der Waals surface area contributed by atoms with Gasteiger partial charge in [0.2, 0.25) is 0 Å². The highest BCUT2D eigenvalue weighted by molar-refractivity contribution is 6.43. The van der Waals surface area contributed by atoms with Crippen LogP contribution in [0, 0.1) is 11.3 Å². The average molecular weight is 356 g/mol. The second-order valence-electron chi connectivity index (χ2n) is 6.30. The Bertz CT molecular complexity index is 596. The first-order valence-electron chi connectivity index (χ1n) is 7.65. The first kappa shape index (κ1) is 19.9. The highest BCUT2D eigenvalue weighted by atomic mass is 35.5. The van der Waals surface area contributed by atoms with Gasteiger partial charge in [-0.2, -0.15) is 15.5 Å². The highest BCUT2D eigenvalue weighted by Crippen LogP contribution is 2.34. The van der Waals surface area contributed by atoms with E-state index in [4.69, 9.17) is 27.9 Å². The minimum absolute atomic E-state index is 0.330. The summed E-state index contributed by atoms with van der Waals surface area (Å²) in [7, 11) is 0. The fourth-order valence-electron chi connectivity index (χ4n) is 2.20. The zero-order valence-electron chi connectivity index (χ0n) is 14.1. The van der Waals surface area contributed by atoms with Crippen molar-refractivity contribution in [1.82, 2.24) is 0 Å². The molecule has 126 valence electrons. The Kier molecular flexibility index (Phi) is 7.47. The van der Waals surface area contributed by atoms with E-state index in [1.807, 2.05) is 13.8 Å². The van der Waals surface area contributed by atoms with E-state index in [-0.39, 0.29) is 0 Å². The molecule has 0 bridgehead atoms. The molecule has 0 aliphatic rings. The molecule has 0 heterocycles. The Hall–Kier alpha value is -1.15. The zero-order valence-corrected chi connectivity index (χ0v) is 15.6. The molecule has 1 unspecified atom stereocenters. The number of benzene rings is 1. The Morgan fingerprint density at radius 2 is 1.96 bits per heavy atom. The molecular formula is C17H23Cl2N3O. The number of hydrogen-bond acceptors (Lipinski definition) is 4. The summed E-state index contributed by atoms with van der Waals surface area (Å²) in [5.41, 5.74) is -1.01. The first-order valence-corrected chi connectivity index (χ1v) is 8.41. The smallest absolute Gasteiger partial charge is 0.167 e. The summed E-state index contributed by atoms with van der Waals surface area (Å²) in [6.45, 7) is 8.43. The third-order valence-corrected chi connectivity index (χ3v) is 4.12. The molecule has 0 radical (unpaired) electrons. The molecule has 0 fully saturated rings. The van der Waals surface area contributed by atoms with E-state index in [1.165, 1.54) is 0 Å². The highest BCUT2D eigenvalue weighted by Gasteiger charge is 2.33. The predicted molar refractivity (Wildman–Crippen MR) is 94.6 cm³/mol. The third-order valence-electron chi connectivity index (χ3n) is 3.31. The largest absolute Gasteiger partial charge is 0.375 e. The Morgan fingerprint density at radius 3 is 2.57 bits per heavy atom. The minimum atomic E-state index is -0.999.